The van der Waals surface area contributed by atoms with E-state index in [2.05, 4.69) is 5.32 Å². The molecule has 0 aliphatic carbocycles. The molecule has 2 atom stereocenters. The van der Waals surface area contributed by atoms with Gasteiger partial charge in [-0.2, -0.15) is 0 Å². The van der Waals surface area contributed by atoms with Gasteiger partial charge in [0.15, 0.2) is 0 Å². The summed E-state index contributed by atoms with van der Waals surface area (Å²) in [5, 5.41) is 12.6. The van der Waals surface area contributed by atoms with Gasteiger partial charge in [-0.05, 0) is 37.1 Å². The summed E-state index contributed by atoms with van der Waals surface area (Å²) in [5.41, 5.74) is 0. The number of aliphatic hydroxyl groups excluding tert-OH is 1. The number of ether oxygens (including phenoxy) is 1. The van der Waals surface area contributed by atoms with E-state index in [4.69, 9.17) is 4.74 Å². The number of nitrogens with one attached hydrogen (secondary N) is 1. The average molecular weight is 222 g/mol. The Labute approximate surface area is 91.6 Å². The zero-order chi connectivity index (χ0) is 9.10. The van der Waals surface area contributed by atoms with Gasteiger partial charge in [-0.25, -0.2) is 0 Å². The number of rotatable bonds is 2. The normalized spacial score (nSPS) is 34.1. The van der Waals surface area contributed by atoms with Gasteiger partial charge in [-0.1, -0.05) is 0 Å². The molecule has 14 heavy (non-hydrogen) atoms. The molecule has 0 amide bonds. The second kappa shape index (κ2) is 5.91. The van der Waals surface area contributed by atoms with Crippen molar-refractivity contribution in [2.45, 2.75) is 12.8 Å². The number of aliphatic hydroxyl groups is 1. The van der Waals surface area contributed by atoms with Gasteiger partial charge in [-0.15, -0.1) is 12.4 Å². The summed E-state index contributed by atoms with van der Waals surface area (Å²) < 4.78 is 5.35. The first kappa shape index (κ1) is 12.2. The van der Waals surface area contributed by atoms with Gasteiger partial charge in [0.05, 0.1) is 0 Å². The maximum absolute atomic E-state index is 9.20. The molecule has 2 saturated heterocycles. The van der Waals surface area contributed by atoms with E-state index in [1.165, 1.54) is 12.8 Å². The molecule has 2 aliphatic heterocycles. The molecule has 0 saturated carbocycles. The smallest absolute Gasteiger partial charge is 0.0474 e. The lowest BCUT2D eigenvalue weighted by atomic mass is 9.80. The molecule has 0 aromatic carbocycles. The second-order valence-corrected chi connectivity index (χ2v) is 4.21. The highest BCUT2D eigenvalue weighted by atomic mass is 35.5. The van der Waals surface area contributed by atoms with Gasteiger partial charge in [0.2, 0.25) is 0 Å². The van der Waals surface area contributed by atoms with Crippen molar-refractivity contribution in [2.24, 2.45) is 17.8 Å². The number of halogens is 1. The summed E-state index contributed by atoms with van der Waals surface area (Å²) in [6.07, 6.45) is 2.37. The number of hydrogen-bond donors (Lipinski definition) is 2. The molecule has 2 heterocycles. The van der Waals surface area contributed by atoms with Crippen LogP contribution in [0.4, 0.5) is 0 Å². The standard InChI is InChI=1S/C10H19NO2.ClH/c12-7-9-5-11-6-10(9)8-1-3-13-4-2-8;/h8-12H,1-7H2;1H/t9-,10-;/m0./s1. The van der Waals surface area contributed by atoms with E-state index in [-0.39, 0.29) is 12.4 Å². The van der Waals surface area contributed by atoms with Crippen molar-refractivity contribution in [1.29, 1.82) is 0 Å². The molecule has 0 unspecified atom stereocenters. The molecule has 0 aromatic rings. The molecule has 2 N–H and O–H groups in total. The Morgan fingerprint density at radius 3 is 2.57 bits per heavy atom. The van der Waals surface area contributed by atoms with Crippen molar-refractivity contribution in [3.63, 3.8) is 0 Å². The molecule has 3 nitrogen and oxygen atoms in total. The fourth-order valence-corrected chi connectivity index (χ4v) is 2.65. The summed E-state index contributed by atoms with van der Waals surface area (Å²) in [7, 11) is 0. The highest BCUT2D eigenvalue weighted by molar-refractivity contribution is 5.85. The fourth-order valence-electron chi connectivity index (χ4n) is 2.65. The largest absolute Gasteiger partial charge is 0.396 e. The molecule has 0 radical (unpaired) electrons. The van der Waals surface area contributed by atoms with Gasteiger partial charge in [0.1, 0.15) is 0 Å². The topological polar surface area (TPSA) is 41.5 Å². The summed E-state index contributed by atoms with van der Waals surface area (Å²) in [6.45, 7) is 4.27. The van der Waals surface area contributed by atoms with Crippen molar-refractivity contribution < 1.29 is 9.84 Å². The van der Waals surface area contributed by atoms with Crippen LogP contribution >= 0.6 is 12.4 Å². The van der Waals surface area contributed by atoms with Gasteiger partial charge >= 0.3 is 0 Å². The maximum atomic E-state index is 9.20. The Bertz CT molecular complexity index is 162. The Morgan fingerprint density at radius 2 is 1.93 bits per heavy atom. The van der Waals surface area contributed by atoms with Crippen LogP contribution in [0.25, 0.3) is 0 Å². The van der Waals surface area contributed by atoms with Gasteiger partial charge in [0.25, 0.3) is 0 Å². The lowest BCUT2D eigenvalue weighted by molar-refractivity contribution is 0.0360. The van der Waals surface area contributed by atoms with Crippen molar-refractivity contribution in [3.8, 4) is 0 Å². The van der Waals surface area contributed by atoms with Gasteiger partial charge in [-0.3, -0.25) is 0 Å². The van der Waals surface area contributed by atoms with Crippen LogP contribution in [0.3, 0.4) is 0 Å². The van der Waals surface area contributed by atoms with E-state index in [0.29, 0.717) is 18.4 Å². The lowest BCUT2D eigenvalue weighted by Gasteiger charge is -2.30. The third-order valence-electron chi connectivity index (χ3n) is 3.50. The van der Waals surface area contributed by atoms with Crippen LogP contribution in [0.5, 0.6) is 0 Å². The molecule has 0 aromatic heterocycles. The van der Waals surface area contributed by atoms with E-state index >= 15 is 0 Å². The average Bonchev–Trinajstić information content (AvgIpc) is 2.67. The SMILES string of the molecule is Cl.OC[C@@H]1CNC[C@H]1C1CCOCC1. The zero-order valence-corrected chi connectivity index (χ0v) is 9.26. The van der Waals surface area contributed by atoms with E-state index in [1.807, 2.05) is 0 Å². The molecule has 4 heteroatoms. The first-order valence-electron chi connectivity index (χ1n) is 5.31. The molecule has 2 fully saturated rings. The predicted molar refractivity (Wildman–Crippen MR) is 57.7 cm³/mol. The van der Waals surface area contributed by atoms with Crippen molar-refractivity contribution >= 4 is 12.4 Å². The quantitative estimate of drug-likeness (QED) is 0.720. The molecule has 84 valence electrons. The Kier molecular flexibility index (Phi) is 5.17. The summed E-state index contributed by atoms with van der Waals surface area (Å²) >= 11 is 0. The molecule has 0 bridgehead atoms. The van der Waals surface area contributed by atoms with Crippen LogP contribution in [0.2, 0.25) is 0 Å². The Hall–Kier alpha value is 0.170. The lowest BCUT2D eigenvalue weighted by Crippen LogP contribution is -2.29. The summed E-state index contributed by atoms with van der Waals surface area (Å²) in [5.74, 6) is 1.96. The van der Waals surface area contributed by atoms with Crippen LogP contribution in [-0.2, 0) is 4.74 Å². The van der Waals surface area contributed by atoms with Crippen LogP contribution in [0.1, 0.15) is 12.8 Å². The highest BCUT2D eigenvalue weighted by Crippen LogP contribution is 2.31. The van der Waals surface area contributed by atoms with E-state index in [9.17, 15) is 5.11 Å². The van der Waals surface area contributed by atoms with Gasteiger partial charge < -0.3 is 15.2 Å². The molecule has 0 spiro atoms. The van der Waals surface area contributed by atoms with Crippen molar-refractivity contribution in [1.82, 2.24) is 5.32 Å². The van der Waals surface area contributed by atoms with Crippen molar-refractivity contribution in [3.05, 3.63) is 0 Å². The fraction of sp³-hybridized carbons (Fsp3) is 1.00. The summed E-state index contributed by atoms with van der Waals surface area (Å²) in [6, 6.07) is 0. The molecule has 2 rings (SSSR count). The van der Waals surface area contributed by atoms with Crippen LogP contribution < -0.4 is 5.32 Å². The summed E-state index contributed by atoms with van der Waals surface area (Å²) in [4.78, 5) is 0. The minimum Gasteiger partial charge on any atom is -0.396 e. The van der Waals surface area contributed by atoms with E-state index in [1.54, 1.807) is 0 Å². The molecule has 2 aliphatic rings. The molecular weight excluding hydrogens is 202 g/mol. The highest BCUT2D eigenvalue weighted by Gasteiger charge is 2.33. The third kappa shape index (κ3) is 2.60. The van der Waals surface area contributed by atoms with Crippen LogP contribution in [0.15, 0.2) is 0 Å². The minimum absolute atomic E-state index is 0. The van der Waals surface area contributed by atoms with Crippen LogP contribution in [-0.4, -0.2) is 38.0 Å². The predicted octanol–water partition coefficient (Wildman–Crippen LogP) is 0.663. The van der Waals surface area contributed by atoms with E-state index < -0.39 is 0 Å². The Morgan fingerprint density at radius 1 is 1.21 bits per heavy atom. The van der Waals surface area contributed by atoms with Gasteiger partial charge in [0, 0.05) is 26.4 Å². The first-order valence-corrected chi connectivity index (χ1v) is 5.31. The Balaban J connectivity index is 0.000000980. The third-order valence-corrected chi connectivity index (χ3v) is 3.50. The monoisotopic (exact) mass is 221 g/mol. The minimum atomic E-state index is 0. The molecular formula is C10H20ClNO2. The zero-order valence-electron chi connectivity index (χ0n) is 8.45. The second-order valence-electron chi connectivity index (χ2n) is 4.21. The van der Waals surface area contributed by atoms with Crippen molar-refractivity contribution in [2.75, 3.05) is 32.9 Å². The first-order chi connectivity index (χ1) is 6.42. The number of hydrogen-bond acceptors (Lipinski definition) is 3. The maximum Gasteiger partial charge on any atom is 0.0474 e. The van der Waals surface area contributed by atoms with E-state index in [0.717, 1.165) is 32.2 Å². The van der Waals surface area contributed by atoms with Crippen LogP contribution in [0, 0.1) is 17.8 Å².